The van der Waals surface area contributed by atoms with E-state index in [0.29, 0.717) is 24.5 Å². The Labute approximate surface area is 255 Å². The number of benzene rings is 4. The van der Waals surface area contributed by atoms with Gasteiger partial charge in [-0.15, -0.1) is 0 Å². The zero-order chi connectivity index (χ0) is 30.5. The molecule has 0 bridgehead atoms. The molecule has 5 aromatic rings. The molecule has 1 aliphatic rings. The topological polar surface area (TPSA) is 88.6 Å². The Morgan fingerprint density at radius 1 is 0.909 bits per heavy atom. The van der Waals surface area contributed by atoms with Gasteiger partial charge in [-0.1, -0.05) is 30.3 Å². The summed E-state index contributed by atoms with van der Waals surface area (Å²) in [5, 5.41) is 7.23. The van der Waals surface area contributed by atoms with Crippen LogP contribution in [0.5, 0.6) is 11.5 Å². The maximum absolute atomic E-state index is 13.6. The minimum absolute atomic E-state index is 0.101. The Morgan fingerprint density at radius 2 is 1.68 bits per heavy atom. The Bertz CT molecular complexity index is 1790. The first kappa shape index (κ1) is 29.1. The molecule has 8 nitrogen and oxygen atoms in total. The van der Waals surface area contributed by atoms with E-state index in [-0.39, 0.29) is 11.7 Å². The minimum Gasteiger partial charge on any atom is -0.493 e. The number of rotatable bonds is 10. The fourth-order valence-corrected chi connectivity index (χ4v) is 5.59. The average molecular weight is 592 g/mol. The van der Waals surface area contributed by atoms with E-state index >= 15 is 0 Å². The minimum atomic E-state index is -0.271. The average Bonchev–Trinajstić information content (AvgIpc) is 3.06. The van der Waals surface area contributed by atoms with Gasteiger partial charge in [0.15, 0.2) is 11.5 Å². The van der Waals surface area contributed by atoms with Gasteiger partial charge in [0.2, 0.25) is 0 Å². The van der Waals surface area contributed by atoms with Gasteiger partial charge in [0.25, 0.3) is 5.91 Å². The van der Waals surface area contributed by atoms with Crippen LogP contribution in [0, 0.1) is 5.82 Å². The first-order chi connectivity index (χ1) is 21.5. The predicted molar refractivity (Wildman–Crippen MR) is 170 cm³/mol. The summed E-state index contributed by atoms with van der Waals surface area (Å²) in [7, 11) is 3.30. The van der Waals surface area contributed by atoms with Gasteiger partial charge < -0.3 is 20.1 Å². The first-order valence-corrected chi connectivity index (χ1v) is 14.6. The molecular formula is C35H34FN5O3. The molecule has 1 amide bonds. The van der Waals surface area contributed by atoms with Gasteiger partial charge in [0.1, 0.15) is 18.0 Å². The summed E-state index contributed by atoms with van der Waals surface area (Å²) >= 11 is 0. The Balaban J connectivity index is 1.07. The predicted octanol–water partition coefficient (Wildman–Crippen LogP) is 5.85. The number of amides is 1. The molecule has 2 N–H and O–H groups in total. The van der Waals surface area contributed by atoms with Crippen molar-refractivity contribution in [2.75, 3.05) is 39.2 Å². The van der Waals surface area contributed by atoms with Gasteiger partial charge in [0.05, 0.1) is 19.7 Å². The van der Waals surface area contributed by atoms with Crippen molar-refractivity contribution in [3.8, 4) is 22.6 Å². The second-order valence-electron chi connectivity index (χ2n) is 10.8. The lowest BCUT2D eigenvalue weighted by molar-refractivity contribution is 0.0947. The van der Waals surface area contributed by atoms with Crippen LogP contribution in [0.15, 0.2) is 85.2 Å². The third-order valence-corrected chi connectivity index (χ3v) is 7.98. The number of anilines is 1. The summed E-state index contributed by atoms with van der Waals surface area (Å²) in [5.41, 5.74) is 6.69. The molecule has 0 saturated heterocycles. The monoisotopic (exact) mass is 591 g/mol. The molecule has 0 aliphatic carbocycles. The number of carbonyl (C=O) groups excluding carboxylic acids is 1. The van der Waals surface area contributed by atoms with Crippen LogP contribution in [-0.4, -0.2) is 54.6 Å². The van der Waals surface area contributed by atoms with Gasteiger partial charge in [-0.3, -0.25) is 9.69 Å². The zero-order valence-corrected chi connectivity index (χ0v) is 24.8. The number of nitrogens with one attached hydrogen (secondary N) is 2. The molecule has 2 heterocycles. The number of fused-ring (bicyclic) bond motifs is 2. The molecule has 224 valence electrons. The van der Waals surface area contributed by atoms with Crippen molar-refractivity contribution in [1.29, 1.82) is 0 Å². The Morgan fingerprint density at radius 3 is 2.45 bits per heavy atom. The third-order valence-electron chi connectivity index (χ3n) is 7.98. The van der Waals surface area contributed by atoms with Gasteiger partial charge in [-0.05, 0) is 82.8 Å². The van der Waals surface area contributed by atoms with Gasteiger partial charge in [-0.25, -0.2) is 14.4 Å². The normalized spacial score (nSPS) is 12.9. The van der Waals surface area contributed by atoms with Crippen LogP contribution in [0.25, 0.3) is 22.0 Å². The highest BCUT2D eigenvalue weighted by atomic mass is 19.1. The van der Waals surface area contributed by atoms with Crippen molar-refractivity contribution in [3.05, 3.63) is 113 Å². The number of ether oxygens (including phenoxy) is 2. The summed E-state index contributed by atoms with van der Waals surface area (Å²) < 4.78 is 24.5. The molecule has 0 unspecified atom stereocenters. The van der Waals surface area contributed by atoms with E-state index in [0.717, 1.165) is 65.1 Å². The highest BCUT2D eigenvalue weighted by Crippen LogP contribution is 2.33. The lowest BCUT2D eigenvalue weighted by atomic mass is 9.99. The summed E-state index contributed by atoms with van der Waals surface area (Å²) in [6.45, 7) is 3.48. The Kier molecular flexibility index (Phi) is 8.65. The maximum atomic E-state index is 13.6. The van der Waals surface area contributed by atoms with E-state index < -0.39 is 0 Å². The third kappa shape index (κ3) is 6.48. The van der Waals surface area contributed by atoms with Crippen LogP contribution < -0.4 is 20.1 Å². The molecule has 9 heteroatoms. The van der Waals surface area contributed by atoms with Gasteiger partial charge >= 0.3 is 0 Å². The molecule has 0 saturated carbocycles. The summed E-state index contributed by atoms with van der Waals surface area (Å²) in [4.78, 5) is 24.1. The summed E-state index contributed by atoms with van der Waals surface area (Å²) in [5.74, 6) is 1.80. The number of hydrogen-bond donors (Lipinski definition) is 2. The quantitative estimate of drug-likeness (QED) is 0.211. The molecule has 0 spiro atoms. The van der Waals surface area contributed by atoms with Crippen LogP contribution in [0.3, 0.4) is 0 Å². The maximum Gasteiger partial charge on any atom is 0.251 e. The molecule has 6 rings (SSSR count). The molecule has 44 heavy (non-hydrogen) atoms. The van der Waals surface area contributed by atoms with E-state index in [9.17, 15) is 9.18 Å². The molecule has 0 radical (unpaired) electrons. The smallest absolute Gasteiger partial charge is 0.251 e. The van der Waals surface area contributed by atoms with E-state index in [4.69, 9.17) is 9.47 Å². The van der Waals surface area contributed by atoms with Gasteiger partial charge in [0, 0.05) is 43.7 Å². The molecule has 0 fully saturated rings. The van der Waals surface area contributed by atoms with Gasteiger partial charge in [-0.2, -0.15) is 0 Å². The molecular weight excluding hydrogens is 557 g/mol. The molecule has 4 aromatic carbocycles. The first-order valence-electron chi connectivity index (χ1n) is 14.6. The van der Waals surface area contributed by atoms with Crippen molar-refractivity contribution in [2.45, 2.75) is 19.5 Å². The number of halogens is 1. The van der Waals surface area contributed by atoms with Crippen LogP contribution in [0.4, 0.5) is 10.2 Å². The van der Waals surface area contributed by atoms with Crippen LogP contribution >= 0.6 is 0 Å². The number of aromatic nitrogens is 2. The largest absolute Gasteiger partial charge is 0.493 e. The van der Waals surface area contributed by atoms with Crippen LogP contribution in [0.1, 0.15) is 27.0 Å². The molecule has 0 atom stereocenters. The van der Waals surface area contributed by atoms with Crippen molar-refractivity contribution in [3.63, 3.8) is 0 Å². The van der Waals surface area contributed by atoms with Crippen molar-refractivity contribution in [2.24, 2.45) is 0 Å². The number of methoxy groups -OCH3 is 2. The summed E-state index contributed by atoms with van der Waals surface area (Å²) in [6, 6.07) is 24.2. The lowest BCUT2D eigenvalue weighted by Crippen LogP contribution is -2.37. The zero-order valence-electron chi connectivity index (χ0n) is 24.8. The van der Waals surface area contributed by atoms with E-state index in [1.54, 1.807) is 20.3 Å². The summed E-state index contributed by atoms with van der Waals surface area (Å²) in [6.07, 6.45) is 2.44. The van der Waals surface area contributed by atoms with Crippen molar-refractivity contribution < 1.29 is 18.7 Å². The van der Waals surface area contributed by atoms with E-state index in [2.05, 4.69) is 31.6 Å². The fraction of sp³-hybridized carbons (Fsp3) is 0.229. The SMILES string of the molecule is COc1cc2c(cc1OC)CN(CCNC(=O)c1ccc(-c3ccc4ncnc(NCc5cccc(F)c5)c4c3)cc1)CC2. The van der Waals surface area contributed by atoms with E-state index in [1.165, 1.54) is 29.6 Å². The second kappa shape index (κ2) is 13.1. The molecule has 1 aromatic heterocycles. The van der Waals surface area contributed by atoms with Crippen LogP contribution in [-0.2, 0) is 19.5 Å². The van der Waals surface area contributed by atoms with Crippen molar-refractivity contribution in [1.82, 2.24) is 20.2 Å². The fourth-order valence-electron chi connectivity index (χ4n) is 5.59. The number of hydrogen-bond acceptors (Lipinski definition) is 7. The number of nitrogens with zero attached hydrogens (tertiary/aromatic N) is 3. The van der Waals surface area contributed by atoms with Crippen LogP contribution in [0.2, 0.25) is 0 Å². The highest BCUT2D eigenvalue weighted by Gasteiger charge is 2.19. The standard InChI is InChI=1S/C35H34FN5O3/c1-43-32-18-27-12-14-41(21-28(27)19-33(32)44-2)15-13-37-35(42)25-8-6-24(7-9-25)26-10-11-31-30(17-26)34(40-22-39-31)38-20-23-4-3-5-29(36)16-23/h3-11,16-19,22H,12-15,20-21H2,1-2H3,(H,37,42)(H,38,39,40). The number of carbonyl (C=O) groups is 1. The van der Waals surface area contributed by atoms with E-state index in [1.807, 2.05) is 54.6 Å². The highest BCUT2D eigenvalue weighted by molar-refractivity contribution is 5.95. The van der Waals surface area contributed by atoms with Crippen molar-refractivity contribution >= 4 is 22.6 Å². The Hall–Kier alpha value is -5.02. The second-order valence-corrected chi connectivity index (χ2v) is 10.8. The lowest BCUT2D eigenvalue weighted by Gasteiger charge is -2.29. The molecule has 1 aliphatic heterocycles.